The van der Waals surface area contributed by atoms with Gasteiger partial charge >= 0.3 is 5.97 Å². The van der Waals surface area contributed by atoms with Gasteiger partial charge in [0, 0.05) is 23.0 Å². The van der Waals surface area contributed by atoms with Crippen molar-refractivity contribution in [1.29, 1.82) is 0 Å². The van der Waals surface area contributed by atoms with E-state index in [4.69, 9.17) is 32.7 Å². The van der Waals surface area contributed by atoms with Crippen molar-refractivity contribution in [2.24, 2.45) is 11.8 Å². The molecule has 1 fully saturated rings. The number of ether oxygens (including phenoxy) is 2. The van der Waals surface area contributed by atoms with E-state index in [0.717, 1.165) is 32.3 Å². The molecule has 0 aromatic heterocycles. The maximum absolute atomic E-state index is 14.6. The van der Waals surface area contributed by atoms with Gasteiger partial charge in [-0.05, 0) is 82.9 Å². The van der Waals surface area contributed by atoms with Gasteiger partial charge in [-0.2, -0.15) is 5.01 Å². The second-order valence-electron chi connectivity index (χ2n) is 12.8. The number of methoxy groups -OCH3 is 1. The first-order valence-corrected chi connectivity index (χ1v) is 17.2. The zero-order chi connectivity index (χ0) is 36.3. The first-order valence-electron chi connectivity index (χ1n) is 16.5. The lowest BCUT2D eigenvalue weighted by atomic mass is 9.55. The summed E-state index contributed by atoms with van der Waals surface area (Å²) in [7, 11) is 1.49. The van der Waals surface area contributed by atoms with E-state index in [-0.39, 0.29) is 32.5 Å². The molecule has 0 N–H and O–H groups in total. The highest BCUT2D eigenvalue weighted by atomic mass is 35.5. The van der Waals surface area contributed by atoms with Crippen LogP contribution in [0.15, 0.2) is 115 Å². The fourth-order valence-electron chi connectivity index (χ4n) is 7.76. The summed E-state index contributed by atoms with van der Waals surface area (Å²) in [4.78, 5) is 70.1. The molecule has 0 saturated carbocycles. The maximum atomic E-state index is 14.6. The van der Waals surface area contributed by atoms with Crippen LogP contribution >= 0.6 is 23.2 Å². The molecule has 1 aliphatic heterocycles. The van der Waals surface area contributed by atoms with Crippen molar-refractivity contribution in [2.75, 3.05) is 13.7 Å². The Bertz CT molecular complexity index is 2210. The lowest BCUT2D eigenvalue weighted by Gasteiger charge is -2.45. The molecule has 1 saturated heterocycles. The summed E-state index contributed by atoms with van der Waals surface area (Å²) in [6.07, 6.45) is 0. The van der Waals surface area contributed by atoms with Crippen molar-refractivity contribution in [3.05, 3.63) is 164 Å². The van der Waals surface area contributed by atoms with E-state index in [2.05, 4.69) is 0 Å². The van der Waals surface area contributed by atoms with Crippen molar-refractivity contribution in [3.63, 3.8) is 0 Å². The normalized spacial score (nSPS) is 19.4. The smallest absolute Gasteiger partial charge is 0.343 e. The van der Waals surface area contributed by atoms with E-state index in [9.17, 15) is 24.0 Å². The third kappa shape index (κ3) is 5.44. The van der Waals surface area contributed by atoms with Crippen molar-refractivity contribution >= 4 is 52.7 Å². The Labute approximate surface area is 308 Å². The highest BCUT2D eigenvalue weighted by Gasteiger charge is 2.63. The van der Waals surface area contributed by atoms with E-state index in [1.165, 1.54) is 49.6 Å². The van der Waals surface area contributed by atoms with Crippen LogP contribution in [0.1, 0.15) is 65.2 Å². The number of hydrazine groups is 1. The lowest BCUT2D eigenvalue weighted by Crippen LogP contribution is -2.52. The quantitative estimate of drug-likeness (QED) is 0.0711. The van der Waals surface area contributed by atoms with Gasteiger partial charge in [-0.3, -0.25) is 19.2 Å². The molecule has 3 amide bonds. The molecule has 2 bridgehead atoms. The van der Waals surface area contributed by atoms with Gasteiger partial charge in [0.2, 0.25) is 0 Å². The zero-order valence-corrected chi connectivity index (χ0v) is 29.0. The lowest BCUT2D eigenvalue weighted by molar-refractivity contribution is -0.154. The average Bonchev–Trinajstić information content (AvgIpc) is 3.44. The summed E-state index contributed by atoms with van der Waals surface area (Å²) in [6.45, 7) is -0.645. The number of imide groups is 1. The molecule has 52 heavy (non-hydrogen) atoms. The summed E-state index contributed by atoms with van der Waals surface area (Å²) in [6, 6.07) is 32.1. The third-order valence-electron chi connectivity index (χ3n) is 10.1. The molecule has 5 aromatic rings. The molecule has 11 heteroatoms. The van der Waals surface area contributed by atoms with Gasteiger partial charge in [0.05, 0.1) is 34.6 Å². The van der Waals surface area contributed by atoms with Crippen LogP contribution in [0.5, 0.6) is 11.5 Å². The Morgan fingerprint density at radius 2 is 1.19 bits per heavy atom. The fourth-order valence-corrected chi connectivity index (χ4v) is 8.06. The largest absolute Gasteiger partial charge is 0.497 e. The SMILES string of the molecule is COc1cccc(C(=O)Oc2ccc(C(=O)CN(C(=O)c3ccc(Cl)c(Cl)c3)N3C(=O)[C@H]4C5c6ccccc6C(c6ccccc65)[C@@H]4C3=O)cc2)c1. The second-order valence-corrected chi connectivity index (χ2v) is 13.6. The van der Waals surface area contributed by atoms with Crippen LogP contribution in [0.4, 0.5) is 0 Å². The van der Waals surface area contributed by atoms with Gasteiger partial charge in [-0.15, -0.1) is 0 Å². The fraction of sp³-hybridized carbons (Fsp3) is 0.146. The molecule has 3 aliphatic carbocycles. The Morgan fingerprint density at radius 1 is 0.635 bits per heavy atom. The van der Waals surface area contributed by atoms with Crippen molar-refractivity contribution in [3.8, 4) is 11.5 Å². The van der Waals surface area contributed by atoms with Crippen LogP contribution < -0.4 is 9.47 Å². The van der Waals surface area contributed by atoms with Crippen LogP contribution in [-0.4, -0.2) is 53.1 Å². The molecular weight excluding hydrogens is 703 g/mol. The van der Waals surface area contributed by atoms with Crippen LogP contribution in [0.2, 0.25) is 10.0 Å². The van der Waals surface area contributed by atoms with E-state index in [0.29, 0.717) is 5.75 Å². The Balaban J connectivity index is 1.12. The van der Waals surface area contributed by atoms with Crippen LogP contribution in [0.3, 0.4) is 0 Å². The number of hydrogen-bond acceptors (Lipinski definition) is 7. The molecular formula is C41H28Cl2N2O7. The molecule has 2 atom stereocenters. The Morgan fingerprint density at radius 3 is 1.73 bits per heavy atom. The number of carbonyl (C=O) groups is 5. The molecule has 4 aliphatic rings. The number of benzene rings is 5. The molecule has 5 aromatic carbocycles. The van der Waals surface area contributed by atoms with Crippen molar-refractivity contribution in [1.82, 2.24) is 10.0 Å². The molecule has 258 valence electrons. The summed E-state index contributed by atoms with van der Waals surface area (Å²) >= 11 is 12.4. The number of hydrogen-bond donors (Lipinski definition) is 0. The number of amides is 3. The first-order chi connectivity index (χ1) is 25.2. The van der Waals surface area contributed by atoms with Crippen LogP contribution in [0.25, 0.3) is 0 Å². The molecule has 0 unspecified atom stereocenters. The predicted octanol–water partition coefficient (Wildman–Crippen LogP) is 7.35. The highest BCUT2D eigenvalue weighted by molar-refractivity contribution is 6.42. The number of carbonyl (C=O) groups excluding carboxylic acids is 5. The van der Waals surface area contributed by atoms with Crippen molar-refractivity contribution < 1.29 is 33.4 Å². The zero-order valence-electron chi connectivity index (χ0n) is 27.5. The van der Waals surface area contributed by atoms with E-state index >= 15 is 0 Å². The molecule has 9 rings (SSSR count). The van der Waals surface area contributed by atoms with Gasteiger partial charge in [0.15, 0.2) is 5.78 Å². The number of ketones is 1. The predicted molar refractivity (Wildman–Crippen MR) is 192 cm³/mol. The standard InChI is InChI=1S/C41H28Cl2N2O7/c1-51-26-8-6-7-24(19-26)41(50)52-25-16-13-22(14-17-25)33(46)21-44(38(47)23-15-18-31(42)32(43)20-23)45-39(48)36-34-27-9-2-3-10-28(27)35(37(36)40(45)49)30-12-5-4-11-29(30)34/h2-20,34-37H,21H2,1H3/t34?,35?,36-,37-/m0/s1. The number of nitrogens with zero attached hydrogens (tertiary/aromatic N) is 2. The number of Topliss-reactive ketones (excluding diaryl/α,β-unsaturated/α-hetero) is 1. The van der Waals surface area contributed by atoms with Crippen molar-refractivity contribution in [2.45, 2.75) is 11.8 Å². The number of rotatable bonds is 8. The summed E-state index contributed by atoms with van der Waals surface area (Å²) in [5, 5.41) is 2.07. The van der Waals surface area contributed by atoms with Gasteiger partial charge in [-0.25, -0.2) is 9.80 Å². The third-order valence-corrected chi connectivity index (χ3v) is 10.8. The minimum absolute atomic E-state index is 0.0343. The summed E-state index contributed by atoms with van der Waals surface area (Å²) < 4.78 is 10.7. The van der Waals surface area contributed by atoms with E-state index < -0.39 is 59.7 Å². The minimum Gasteiger partial charge on any atom is -0.497 e. The minimum atomic E-state index is -0.779. The highest BCUT2D eigenvalue weighted by Crippen LogP contribution is 2.61. The van der Waals surface area contributed by atoms with Crippen LogP contribution in [-0.2, 0) is 9.59 Å². The molecule has 0 radical (unpaired) electrons. The topological polar surface area (TPSA) is 110 Å². The Hall–Kier alpha value is -5.77. The van der Waals surface area contributed by atoms with Gasteiger partial charge in [0.25, 0.3) is 17.7 Å². The molecule has 0 spiro atoms. The maximum Gasteiger partial charge on any atom is 0.343 e. The van der Waals surface area contributed by atoms with Gasteiger partial charge < -0.3 is 9.47 Å². The van der Waals surface area contributed by atoms with Gasteiger partial charge in [0.1, 0.15) is 18.0 Å². The summed E-state index contributed by atoms with van der Waals surface area (Å²) in [5.41, 5.74) is 4.36. The van der Waals surface area contributed by atoms with E-state index in [1.54, 1.807) is 24.3 Å². The number of esters is 1. The number of halogens is 2. The average molecular weight is 732 g/mol. The second kappa shape index (κ2) is 13.1. The van der Waals surface area contributed by atoms with E-state index in [1.807, 2.05) is 48.5 Å². The monoisotopic (exact) mass is 730 g/mol. The van der Waals surface area contributed by atoms with Gasteiger partial charge in [-0.1, -0.05) is 77.8 Å². The molecule has 1 heterocycles. The first kappa shape index (κ1) is 33.4. The molecule has 9 nitrogen and oxygen atoms in total. The summed E-state index contributed by atoms with van der Waals surface area (Å²) in [5.74, 6) is -4.79. The Kier molecular flexibility index (Phi) is 8.40. The van der Waals surface area contributed by atoms with Crippen LogP contribution in [0, 0.1) is 11.8 Å².